The number of methoxy groups -OCH3 is 1. The van der Waals surface area contributed by atoms with Crippen LogP contribution < -0.4 is 4.74 Å². The van der Waals surface area contributed by atoms with E-state index in [1.54, 1.807) is 32.0 Å². The number of hydrogen-bond donors (Lipinski definition) is 0. The zero-order chi connectivity index (χ0) is 16.0. The Morgan fingerprint density at radius 2 is 1.67 bits per heavy atom. The van der Waals surface area contributed by atoms with Gasteiger partial charge in [-0.05, 0) is 61.1 Å². The monoisotopic (exact) mass is 406 g/mol. The van der Waals surface area contributed by atoms with Gasteiger partial charge in [-0.25, -0.2) is 0 Å². The molecular formula is C15H19IO5. The van der Waals surface area contributed by atoms with Crippen LogP contribution in [0.15, 0.2) is 18.2 Å². The van der Waals surface area contributed by atoms with Crippen molar-refractivity contribution in [1.29, 1.82) is 0 Å². The topological polar surface area (TPSA) is 61.8 Å². The fourth-order valence-corrected chi connectivity index (χ4v) is 2.40. The molecule has 0 saturated heterocycles. The number of halogens is 1. The minimum atomic E-state index is -1.51. The molecule has 0 saturated carbocycles. The van der Waals surface area contributed by atoms with Gasteiger partial charge >= 0.3 is 11.9 Å². The largest absolute Gasteiger partial charge is 0.496 e. The molecule has 1 aromatic carbocycles. The summed E-state index contributed by atoms with van der Waals surface area (Å²) >= 11 is 2.12. The van der Waals surface area contributed by atoms with Gasteiger partial charge in [-0.1, -0.05) is 6.07 Å². The normalized spacial score (nSPS) is 10.9. The summed E-state index contributed by atoms with van der Waals surface area (Å²) < 4.78 is 16.2. The lowest BCUT2D eigenvalue weighted by Crippen LogP contribution is -2.43. The number of esters is 2. The van der Waals surface area contributed by atoms with Crippen molar-refractivity contribution in [2.45, 2.75) is 26.2 Å². The van der Waals surface area contributed by atoms with E-state index in [0.29, 0.717) is 11.3 Å². The third kappa shape index (κ3) is 3.66. The summed E-state index contributed by atoms with van der Waals surface area (Å²) in [4.78, 5) is 24.6. The maximum atomic E-state index is 12.3. The molecule has 5 nitrogen and oxygen atoms in total. The van der Waals surface area contributed by atoms with E-state index in [1.165, 1.54) is 14.0 Å². The second kappa shape index (κ2) is 7.63. The van der Waals surface area contributed by atoms with Crippen molar-refractivity contribution in [3.8, 4) is 5.75 Å². The predicted octanol–water partition coefficient (Wildman–Crippen LogP) is 2.68. The molecule has 0 atom stereocenters. The summed E-state index contributed by atoms with van der Waals surface area (Å²) in [6, 6.07) is 5.15. The van der Waals surface area contributed by atoms with Crippen LogP contribution in [0.5, 0.6) is 5.75 Å². The maximum Gasteiger partial charge on any atom is 0.327 e. The summed E-state index contributed by atoms with van der Waals surface area (Å²) in [5.74, 6) is -0.675. The molecule has 0 unspecified atom stereocenters. The molecule has 0 spiro atoms. The molecule has 0 fully saturated rings. The maximum absolute atomic E-state index is 12.3. The van der Waals surface area contributed by atoms with Crippen molar-refractivity contribution in [3.63, 3.8) is 0 Å². The Balaban J connectivity index is 3.36. The fraction of sp³-hybridized carbons (Fsp3) is 0.467. The lowest BCUT2D eigenvalue weighted by molar-refractivity contribution is -0.163. The van der Waals surface area contributed by atoms with E-state index >= 15 is 0 Å². The van der Waals surface area contributed by atoms with E-state index in [0.717, 1.165) is 3.57 Å². The molecule has 0 aromatic heterocycles. The second-order valence-electron chi connectivity index (χ2n) is 4.42. The fourth-order valence-electron chi connectivity index (χ4n) is 1.84. The second-order valence-corrected chi connectivity index (χ2v) is 5.58. The summed E-state index contributed by atoms with van der Waals surface area (Å²) in [5.41, 5.74) is -1.03. The third-order valence-electron chi connectivity index (χ3n) is 3.10. The Bertz CT molecular complexity index is 509. The van der Waals surface area contributed by atoms with Crippen LogP contribution in [0.3, 0.4) is 0 Å². The molecule has 0 aliphatic heterocycles. The molecule has 116 valence electrons. The molecule has 1 rings (SSSR count). The minimum Gasteiger partial charge on any atom is -0.496 e. The molecule has 0 aliphatic rings. The quantitative estimate of drug-likeness (QED) is 0.413. The highest BCUT2D eigenvalue weighted by molar-refractivity contribution is 14.1. The van der Waals surface area contributed by atoms with Gasteiger partial charge < -0.3 is 14.2 Å². The van der Waals surface area contributed by atoms with Crippen LogP contribution in [0.2, 0.25) is 0 Å². The number of ether oxygens (including phenoxy) is 3. The van der Waals surface area contributed by atoms with Crippen LogP contribution in [0.1, 0.15) is 26.3 Å². The van der Waals surface area contributed by atoms with Crippen molar-refractivity contribution in [3.05, 3.63) is 27.3 Å². The first kappa shape index (κ1) is 17.7. The van der Waals surface area contributed by atoms with Gasteiger partial charge in [0.25, 0.3) is 0 Å². The van der Waals surface area contributed by atoms with E-state index < -0.39 is 17.4 Å². The van der Waals surface area contributed by atoms with Crippen LogP contribution in [0.25, 0.3) is 0 Å². The first-order valence-corrected chi connectivity index (χ1v) is 7.68. The van der Waals surface area contributed by atoms with Gasteiger partial charge in [0.2, 0.25) is 0 Å². The van der Waals surface area contributed by atoms with Gasteiger partial charge in [0, 0.05) is 0 Å². The average molecular weight is 406 g/mol. The molecule has 0 aliphatic carbocycles. The van der Waals surface area contributed by atoms with Gasteiger partial charge in [0.15, 0.2) is 5.41 Å². The molecule has 0 bridgehead atoms. The van der Waals surface area contributed by atoms with E-state index in [-0.39, 0.29) is 13.2 Å². The lowest BCUT2D eigenvalue weighted by atomic mass is 9.82. The Labute approximate surface area is 138 Å². The van der Waals surface area contributed by atoms with Gasteiger partial charge in [0.1, 0.15) is 5.75 Å². The van der Waals surface area contributed by atoms with Crippen LogP contribution in [-0.4, -0.2) is 32.3 Å². The van der Waals surface area contributed by atoms with Crippen molar-refractivity contribution in [1.82, 2.24) is 0 Å². The summed E-state index contributed by atoms with van der Waals surface area (Å²) in [7, 11) is 1.54. The van der Waals surface area contributed by atoms with E-state index in [1.807, 2.05) is 0 Å². The smallest absolute Gasteiger partial charge is 0.327 e. The lowest BCUT2D eigenvalue weighted by Gasteiger charge is -2.26. The molecule has 6 heteroatoms. The van der Waals surface area contributed by atoms with Crippen molar-refractivity contribution in [2.24, 2.45) is 0 Å². The van der Waals surface area contributed by atoms with Gasteiger partial charge in [0.05, 0.1) is 23.9 Å². The van der Waals surface area contributed by atoms with Crippen molar-refractivity contribution in [2.75, 3.05) is 20.3 Å². The van der Waals surface area contributed by atoms with Gasteiger partial charge in [-0.2, -0.15) is 0 Å². The van der Waals surface area contributed by atoms with E-state index in [9.17, 15) is 9.59 Å². The summed E-state index contributed by atoms with van der Waals surface area (Å²) in [5, 5.41) is 0. The molecule has 21 heavy (non-hydrogen) atoms. The molecule has 1 aromatic rings. The molecule has 0 radical (unpaired) electrons. The molecule has 0 amide bonds. The van der Waals surface area contributed by atoms with Crippen LogP contribution >= 0.6 is 22.6 Å². The average Bonchev–Trinajstić information content (AvgIpc) is 2.47. The number of carbonyl (C=O) groups is 2. The van der Waals surface area contributed by atoms with Gasteiger partial charge in [-0.15, -0.1) is 0 Å². The number of carbonyl (C=O) groups excluding carboxylic acids is 2. The summed E-state index contributed by atoms with van der Waals surface area (Å²) in [6.07, 6.45) is 0. The highest BCUT2D eigenvalue weighted by Crippen LogP contribution is 2.32. The first-order valence-electron chi connectivity index (χ1n) is 6.60. The Morgan fingerprint density at radius 3 is 2.10 bits per heavy atom. The van der Waals surface area contributed by atoms with Crippen LogP contribution in [-0.2, 0) is 24.5 Å². The van der Waals surface area contributed by atoms with Crippen molar-refractivity contribution < 1.29 is 23.8 Å². The Hall–Kier alpha value is -1.31. The van der Waals surface area contributed by atoms with Crippen molar-refractivity contribution >= 4 is 34.5 Å². The van der Waals surface area contributed by atoms with E-state index in [2.05, 4.69) is 22.6 Å². The standard InChI is InChI=1S/C15H19IO5/c1-5-20-13(17)15(3,14(18)21-6-2)10-7-8-11(16)12(9-10)19-4/h7-9H,5-6H2,1-4H3. The molecule has 0 N–H and O–H groups in total. The number of benzene rings is 1. The molecular weight excluding hydrogens is 387 g/mol. The minimum absolute atomic E-state index is 0.190. The number of hydrogen-bond acceptors (Lipinski definition) is 5. The van der Waals surface area contributed by atoms with Gasteiger partial charge in [-0.3, -0.25) is 9.59 Å². The van der Waals surface area contributed by atoms with Crippen LogP contribution in [0, 0.1) is 3.57 Å². The summed E-state index contributed by atoms with van der Waals surface area (Å²) in [6.45, 7) is 5.27. The SMILES string of the molecule is CCOC(=O)C(C)(C(=O)OCC)c1ccc(I)c(OC)c1. The highest BCUT2D eigenvalue weighted by atomic mass is 127. The zero-order valence-corrected chi connectivity index (χ0v) is 14.7. The number of rotatable bonds is 6. The van der Waals surface area contributed by atoms with Crippen LogP contribution in [0.4, 0.5) is 0 Å². The first-order chi connectivity index (χ1) is 9.91. The third-order valence-corrected chi connectivity index (χ3v) is 3.99. The zero-order valence-electron chi connectivity index (χ0n) is 12.6. The highest BCUT2D eigenvalue weighted by Gasteiger charge is 2.46. The predicted molar refractivity (Wildman–Crippen MR) is 86.3 cm³/mol. The Kier molecular flexibility index (Phi) is 6.44. The van der Waals surface area contributed by atoms with E-state index in [4.69, 9.17) is 14.2 Å². The molecule has 0 heterocycles. The Morgan fingerprint density at radius 1 is 1.14 bits per heavy atom.